The third kappa shape index (κ3) is 7.34. The lowest BCUT2D eigenvalue weighted by atomic mass is 9.77. The van der Waals surface area contributed by atoms with E-state index in [0.717, 1.165) is 46.5 Å². The van der Waals surface area contributed by atoms with Crippen molar-refractivity contribution in [3.05, 3.63) is 95.4 Å². The minimum atomic E-state index is -3.83. The predicted molar refractivity (Wildman–Crippen MR) is 207 cm³/mol. The molecule has 5 aromatic rings. The lowest BCUT2D eigenvalue weighted by Gasteiger charge is -2.37. The van der Waals surface area contributed by atoms with Gasteiger partial charge in [0.2, 0.25) is 17.7 Å². The minimum absolute atomic E-state index is 0.0165. The highest BCUT2D eigenvalue weighted by molar-refractivity contribution is 8.24. The van der Waals surface area contributed by atoms with Crippen LogP contribution in [0.5, 0.6) is 5.75 Å². The fourth-order valence-electron chi connectivity index (χ4n) is 8.09. The highest BCUT2D eigenvalue weighted by atomic mass is 32.3. The molecule has 0 radical (unpaired) electrons. The number of benzene rings is 4. The fourth-order valence-corrected chi connectivity index (χ4v) is 9.29. The summed E-state index contributed by atoms with van der Waals surface area (Å²) >= 11 is 0. The van der Waals surface area contributed by atoms with Gasteiger partial charge in [-0.2, -0.15) is 5.10 Å². The Labute approximate surface area is 317 Å². The highest BCUT2D eigenvalue weighted by Gasteiger charge is 2.39. The van der Waals surface area contributed by atoms with Crippen LogP contribution in [0.2, 0.25) is 0 Å². The number of nitrogens with one attached hydrogen (secondary N) is 3. The second kappa shape index (κ2) is 14.6. The van der Waals surface area contributed by atoms with Crippen molar-refractivity contribution >= 4 is 67.6 Å². The summed E-state index contributed by atoms with van der Waals surface area (Å²) in [7, 11) is -1.96. The summed E-state index contributed by atoms with van der Waals surface area (Å²) in [5, 5.41) is 11.6. The van der Waals surface area contributed by atoms with E-state index in [2.05, 4.69) is 32.6 Å². The zero-order valence-electron chi connectivity index (χ0n) is 30.1. The van der Waals surface area contributed by atoms with Gasteiger partial charge < -0.3 is 10.1 Å². The van der Waals surface area contributed by atoms with E-state index < -0.39 is 35.1 Å². The van der Waals surface area contributed by atoms with Crippen molar-refractivity contribution < 1.29 is 37.4 Å². The number of carbonyl (C=O) groups excluding carboxylic acids is 4. The molecule has 3 heterocycles. The van der Waals surface area contributed by atoms with E-state index in [0.29, 0.717) is 41.9 Å². The Morgan fingerprint density at radius 2 is 1.73 bits per heavy atom. The maximum atomic E-state index is 16.2. The van der Waals surface area contributed by atoms with Crippen LogP contribution in [-0.2, 0) is 32.8 Å². The zero-order valence-corrected chi connectivity index (χ0v) is 30.9. The van der Waals surface area contributed by atoms with Crippen molar-refractivity contribution in [2.24, 2.45) is 13.0 Å². The number of aryl methyl sites for hydroxylation is 1. The first-order valence-corrected chi connectivity index (χ1v) is 19.8. The first-order chi connectivity index (χ1) is 26.4. The van der Waals surface area contributed by atoms with Gasteiger partial charge in [-0.15, -0.1) is 0 Å². The van der Waals surface area contributed by atoms with Crippen LogP contribution in [0.4, 0.5) is 15.8 Å². The average molecular weight is 769 g/mol. The number of fused-ring (bicyclic) bond motifs is 2. The summed E-state index contributed by atoms with van der Waals surface area (Å²) < 4.78 is 48.2. The van der Waals surface area contributed by atoms with E-state index >= 15 is 4.39 Å². The zero-order chi connectivity index (χ0) is 38.4. The lowest BCUT2D eigenvalue weighted by Crippen LogP contribution is -2.39. The molecule has 55 heavy (non-hydrogen) atoms. The number of hydrogen-bond donors (Lipinski definition) is 5. The Morgan fingerprint density at radius 3 is 2.45 bits per heavy atom. The SMILES string of the molecule is Cn1nc(C2CCC(=O)NC2=O)c2ccc(C3CCC(CC(=O)Nc4ccc5c(F)c(N6CC(=O)NS6(O)O)c(OCc6ccccc6)cc5c4)CC3)cc21. The topological polar surface area (TPSA) is 175 Å². The predicted octanol–water partition coefficient (Wildman–Crippen LogP) is 6.78. The molecule has 4 aromatic carbocycles. The van der Waals surface area contributed by atoms with Gasteiger partial charge in [0.05, 0.1) is 17.1 Å². The summed E-state index contributed by atoms with van der Waals surface area (Å²) in [5.41, 5.74) is 3.88. The van der Waals surface area contributed by atoms with Gasteiger partial charge in [-0.1, -0.05) is 42.5 Å². The molecule has 5 N–H and O–H groups in total. The number of carbonyl (C=O) groups is 4. The summed E-state index contributed by atoms with van der Waals surface area (Å²) in [6, 6.07) is 21.8. The number of hydrogen-bond acceptors (Lipinski definition) is 9. The van der Waals surface area contributed by atoms with Gasteiger partial charge >= 0.3 is 0 Å². The minimum Gasteiger partial charge on any atom is -0.487 e. The number of anilines is 2. The second-order valence-electron chi connectivity index (χ2n) is 14.6. The molecule has 1 saturated carbocycles. The molecule has 0 bridgehead atoms. The maximum absolute atomic E-state index is 16.2. The molecule has 2 aliphatic heterocycles. The highest BCUT2D eigenvalue weighted by Crippen LogP contribution is 2.51. The van der Waals surface area contributed by atoms with E-state index in [-0.39, 0.29) is 47.1 Å². The molecule has 286 valence electrons. The standard InChI is InChI=1S/C40H41FN6O7S/c1-46-32-19-26(11-13-30(32)38(44-46)31-15-16-34(48)43-40(31)51)25-9-7-23(8-10-25)17-35(49)42-28-12-14-29-27(18-28)20-33(54-22-24-5-3-2-4-6-24)39(37(29)41)47-21-36(50)45-55(47,52)53/h2-6,11-14,18-20,23,25,31,52-53H,7-10,15-17,21-22H2,1H3,(H,42,49)(H,45,50)(H,43,48,51). The molecule has 8 rings (SSSR count). The van der Waals surface area contributed by atoms with Gasteiger partial charge in [-0.05, 0) is 102 Å². The number of aromatic nitrogens is 2. The monoisotopic (exact) mass is 768 g/mol. The lowest BCUT2D eigenvalue weighted by molar-refractivity contribution is -0.134. The van der Waals surface area contributed by atoms with Crippen LogP contribution in [-0.4, -0.2) is 49.1 Å². The Hall–Kier alpha value is -5.51. The Balaban J connectivity index is 0.935. The summed E-state index contributed by atoms with van der Waals surface area (Å²) in [6.45, 7) is -0.398. The molecule has 0 spiro atoms. The molecular weight excluding hydrogens is 728 g/mol. The van der Waals surface area contributed by atoms with Gasteiger partial charge in [-0.25, -0.2) is 13.4 Å². The molecule has 1 aromatic heterocycles. The Bertz CT molecular complexity index is 2340. The number of nitrogens with zero attached hydrogens (tertiary/aromatic N) is 3. The van der Waals surface area contributed by atoms with Crippen molar-refractivity contribution in [3.8, 4) is 5.75 Å². The van der Waals surface area contributed by atoms with Crippen LogP contribution >= 0.6 is 11.0 Å². The first-order valence-electron chi connectivity index (χ1n) is 18.3. The van der Waals surface area contributed by atoms with Crippen molar-refractivity contribution in [3.63, 3.8) is 0 Å². The molecule has 4 amide bonds. The smallest absolute Gasteiger partial charge is 0.260 e. The molecule has 15 heteroatoms. The molecule has 3 aliphatic rings. The van der Waals surface area contributed by atoms with Crippen LogP contribution in [0.1, 0.15) is 73.6 Å². The molecular formula is C40H41FN6O7S. The number of imide groups is 1. The molecule has 1 atom stereocenters. The molecule has 1 aliphatic carbocycles. The molecule has 2 saturated heterocycles. The molecule has 3 fully saturated rings. The van der Waals surface area contributed by atoms with Crippen LogP contribution in [0.15, 0.2) is 72.8 Å². The second-order valence-corrected chi connectivity index (χ2v) is 16.3. The van der Waals surface area contributed by atoms with Crippen molar-refractivity contribution in [1.82, 2.24) is 19.8 Å². The Morgan fingerprint density at radius 1 is 0.964 bits per heavy atom. The van der Waals surface area contributed by atoms with E-state index in [1.54, 1.807) is 22.9 Å². The third-order valence-corrected chi connectivity index (χ3v) is 12.3. The average Bonchev–Trinajstić information content (AvgIpc) is 3.63. The number of ether oxygens (including phenoxy) is 1. The van der Waals surface area contributed by atoms with Crippen molar-refractivity contribution in [2.75, 3.05) is 16.2 Å². The van der Waals surface area contributed by atoms with Crippen LogP contribution in [0, 0.1) is 11.7 Å². The molecule has 1 unspecified atom stereocenters. The van der Waals surface area contributed by atoms with E-state index in [1.807, 2.05) is 43.4 Å². The van der Waals surface area contributed by atoms with Crippen LogP contribution < -0.4 is 24.4 Å². The van der Waals surface area contributed by atoms with E-state index in [9.17, 15) is 28.3 Å². The van der Waals surface area contributed by atoms with Crippen molar-refractivity contribution in [2.45, 2.75) is 63.4 Å². The third-order valence-electron chi connectivity index (χ3n) is 10.9. The maximum Gasteiger partial charge on any atom is 0.260 e. The van der Waals surface area contributed by atoms with Gasteiger partial charge in [0.1, 0.15) is 24.6 Å². The van der Waals surface area contributed by atoms with Crippen LogP contribution in [0.25, 0.3) is 21.7 Å². The summed E-state index contributed by atoms with van der Waals surface area (Å²) in [6.07, 6.45) is 4.69. The number of halogens is 1. The van der Waals surface area contributed by atoms with E-state index in [4.69, 9.17) is 4.74 Å². The van der Waals surface area contributed by atoms with Gasteiger partial charge in [0, 0.05) is 36.3 Å². The molecule has 13 nitrogen and oxygen atoms in total. The number of piperidine rings is 1. The Kier molecular flexibility index (Phi) is 9.69. The van der Waals surface area contributed by atoms with Gasteiger partial charge in [0.25, 0.3) is 5.91 Å². The van der Waals surface area contributed by atoms with Crippen LogP contribution in [0.3, 0.4) is 0 Å². The fraction of sp³-hybridized carbons (Fsp3) is 0.325. The first kappa shape index (κ1) is 36.5. The van der Waals surface area contributed by atoms with E-state index in [1.165, 1.54) is 11.6 Å². The summed E-state index contributed by atoms with van der Waals surface area (Å²) in [5.74, 6) is -2.06. The number of amides is 4. The van der Waals surface area contributed by atoms with Gasteiger partial charge in [0.15, 0.2) is 5.82 Å². The van der Waals surface area contributed by atoms with Crippen molar-refractivity contribution in [1.29, 1.82) is 0 Å². The normalized spacial score (nSPS) is 21.7. The number of rotatable bonds is 9. The summed E-state index contributed by atoms with van der Waals surface area (Å²) in [4.78, 5) is 49.6. The quantitative estimate of drug-likeness (QED) is 0.101. The van der Waals surface area contributed by atoms with Gasteiger partial charge in [-0.3, -0.25) is 38.3 Å². The largest absolute Gasteiger partial charge is 0.487 e.